The molecule has 1 saturated heterocycles. The van der Waals surface area contributed by atoms with Gasteiger partial charge in [0.25, 0.3) is 11.8 Å². The third-order valence-corrected chi connectivity index (χ3v) is 15.8. The Balaban J connectivity index is 1.02. The number of methoxy groups -OCH3 is 1. The largest absolute Gasteiger partial charge is 0.507 e. The molecule has 4 aliphatic rings. The van der Waals surface area contributed by atoms with Crippen molar-refractivity contribution in [3.63, 3.8) is 0 Å². The van der Waals surface area contributed by atoms with Crippen LogP contribution >= 0.6 is 0 Å². The van der Waals surface area contributed by atoms with Gasteiger partial charge in [-0.3, -0.25) is 62.4 Å². The molecule has 2 aromatic rings. The van der Waals surface area contributed by atoms with Gasteiger partial charge in [0.05, 0.1) is 62.2 Å². The number of aliphatic hydroxyl groups excluding tert-OH is 1. The molecule has 10 N–H and O–H groups in total. The van der Waals surface area contributed by atoms with E-state index in [1.54, 1.807) is 27.7 Å². The molecule has 2 aliphatic carbocycles. The SMILES string of the molecule is COc1cccc2c1C(=O)c1c(O)c3c(c(O)c1C2=O)C[C@@](O)(C(=O)CO)C[C@@H]3O[C@H]1C[C@H](NC(=O)C(CC(C)C)NC(=O)[C@@H](CC(N)=O)NC(=O)[C@@H](C)NC(=O)[C@@H](C)CC(=O)CCOCCOCCCC(=O)CCN2C(=O)C=CC2=O)[C@H](C)[C@H](C)O1. The van der Waals surface area contributed by atoms with E-state index in [1.165, 1.54) is 39.2 Å². The fourth-order valence-electron chi connectivity index (χ4n) is 10.8. The van der Waals surface area contributed by atoms with Gasteiger partial charge in [-0.15, -0.1) is 0 Å². The van der Waals surface area contributed by atoms with Crippen molar-refractivity contribution >= 4 is 70.3 Å². The Kier molecular flexibility index (Phi) is 23.7. The first-order valence-electron chi connectivity index (χ1n) is 28.9. The summed E-state index contributed by atoms with van der Waals surface area (Å²) < 4.78 is 28.9. The van der Waals surface area contributed by atoms with E-state index in [4.69, 9.17) is 29.4 Å². The summed E-state index contributed by atoms with van der Waals surface area (Å²) in [6.07, 6.45) is -2.88. The number of ketones is 5. The van der Waals surface area contributed by atoms with Gasteiger partial charge >= 0.3 is 0 Å². The number of nitrogens with zero attached hydrogens (tertiary/aromatic N) is 1. The van der Waals surface area contributed by atoms with E-state index >= 15 is 0 Å². The second kappa shape index (κ2) is 30.2. The first kappa shape index (κ1) is 68.3. The van der Waals surface area contributed by atoms with E-state index < -0.39 is 167 Å². The molecule has 0 aromatic heterocycles. The van der Waals surface area contributed by atoms with E-state index in [9.17, 15) is 78.0 Å². The summed E-state index contributed by atoms with van der Waals surface area (Å²) in [5, 5.41) is 56.0. The van der Waals surface area contributed by atoms with E-state index in [-0.39, 0.29) is 117 Å². The number of imide groups is 1. The van der Waals surface area contributed by atoms with Crippen molar-refractivity contribution < 1.29 is 102 Å². The van der Waals surface area contributed by atoms with Crippen LogP contribution in [0.25, 0.3) is 0 Å². The van der Waals surface area contributed by atoms with Crippen molar-refractivity contribution in [2.45, 2.75) is 154 Å². The van der Waals surface area contributed by atoms with Crippen LogP contribution in [0.1, 0.15) is 148 Å². The van der Waals surface area contributed by atoms with Gasteiger partial charge in [0.2, 0.25) is 35.3 Å². The second-order valence-electron chi connectivity index (χ2n) is 22.8. The maximum atomic E-state index is 14.3. The number of carbonyl (C=O) groups is 12. The normalized spacial score (nSPS) is 21.9. The number of fused-ring (bicyclic) bond motifs is 3. The second-order valence-corrected chi connectivity index (χ2v) is 22.8. The molecule has 1 fully saturated rings. The third-order valence-electron chi connectivity index (χ3n) is 15.8. The van der Waals surface area contributed by atoms with Crippen LogP contribution in [0.3, 0.4) is 0 Å². The van der Waals surface area contributed by atoms with Gasteiger partial charge in [-0.2, -0.15) is 0 Å². The number of primary amides is 1. The van der Waals surface area contributed by atoms with Gasteiger partial charge in [0, 0.05) is 105 Å². The zero-order chi connectivity index (χ0) is 64.2. The molecule has 7 amide bonds. The van der Waals surface area contributed by atoms with Crippen LogP contribution in [0, 0.1) is 17.8 Å². The van der Waals surface area contributed by atoms with Gasteiger partial charge < -0.3 is 71.1 Å². The molecule has 2 aromatic carbocycles. The highest BCUT2D eigenvalue weighted by Gasteiger charge is 2.50. The molecule has 27 nitrogen and oxygen atoms in total. The molecule has 1 unspecified atom stereocenters. The number of phenols is 2. The van der Waals surface area contributed by atoms with Crippen LogP contribution in [0.15, 0.2) is 30.4 Å². The summed E-state index contributed by atoms with van der Waals surface area (Å²) in [4.78, 5) is 158. The summed E-state index contributed by atoms with van der Waals surface area (Å²) in [6, 6.07) is -0.748. The van der Waals surface area contributed by atoms with Crippen molar-refractivity contribution in [1.82, 2.24) is 26.2 Å². The van der Waals surface area contributed by atoms with Crippen molar-refractivity contribution in [3.8, 4) is 17.2 Å². The average molecular weight is 1220 g/mol. The summed E-state index contributed by atoms with van der Waals surface area (Å²) in [6.45, 7) is 9.34. The van der Waals surface area contributed by atoms with Gasteiger partial charge in [0.15, 0.2) is 17.9 Å². The summed E-state index contributed by atoms with van der Waals surface area (Å²) >= 11 is 0. The topological polar surface area (TPSA) is 409 Å². The summed E-state index contributed by atoms with van der Waals surface area (Å²) in [5.41, 5.74) is 1.08. The highest BCUT2D eigenvalue weighted by atomic mass is 16.7. The number of nitrogens with one attached hydrogen (secondary N) is 4. The molecular weight excluding hydrogens is 1140 g/mol. The molecule has 0 radical (unpaired) electrons. The van der Waals surface area contributed by atoms with Crippen LogP contribution in [0.4, 0.5) is 0 Å². The Labute approximate surface area is 501 Å². The zero-order valence-corrected chi connectivity index (χ0v) is 49.7. The number of carbonyl (C=O) groups excluding carboxylic acids is 12. The van der Waals surface area contributed by atoms with Crippen LogP contribution in [0.2, 0.25) is 0 Å². The Bertz CT molecular complexity index is 3030. The fraction of sp³-hybridized carbons (Fsp3) is 0.567. The quantitative estimate of drug-likeness (QED) is 0.0234. The molecule has 27 heteroatoms. The molecule has 2 heterocycles. The molecule has 474 valence electrons. The first-order valence-corrected chi connectivity index (χ1v) is 28.9. The average Bonchev–Trinajstić information content (AvgIpc) is 0.984. The number of hydrogen-bond acceptors (Lipinski definition) is 21. The predicted molar refractivity (Wildman–Crippen MR) is 303 cm³/mol. The fourth-order valence-corrected chi connectivity index (χ4v) is 10.8. The lowest BCUT2D eigenvalue weighted by Gasteiger charge is -2.43. The number of ether oxygens (including phenoxy) is 5. The number of Topliss-reactive ketones (excluding diaryl/α,β-unsaturated/α-hetero) is 3. The van der Waals surface area contributed by atoms with Crippen LogP contribution < -0.4 is 31.7 Å². The van der Waals surface area contributed by atoms with E-state index in [2.05, 4.69) is 21.3 Å². The molecule has 0 saturated carbocycles. The Morgan fingerprint density at radius 3 is 2.07 bits per heavy atom. The molecule has 0 spiro atoms. The van der Waals surface area contributed by atoms with Crippen molar-refractivity contribution in [3.05, 3.63) is 63.7 Å². The monoisotopic (exact) mass is 1220 g/mol. The summed E-state index contributed by atoms with van der Waals surface area (Å²) in [5.74, 6) is -11.4. The highest BCUT2D eigenvalue weighted by Crippen LogP contribution is 2.52. The number of amides is 7. The number of aliphatic hydroxyl groups is 2. The molecule has 0 bridgehead atoms. The Morgan fingerprint density at radius 2 is 1.43 bits per heavy atom. The summed E-state index contributed by atoms with van der Waals surface area (Å²) in [7, 11) is 1.28. The predicted octanol–water partition coefficient (Wildman–Crippen LogP) is 0.513. The molecule has 2 aliphatic heterocycles. The smallest absolute Gasteiger partial charge is 0.253 e. The number of aromatic hydroxyl groups is 2. The minimum absolute atomic E-state index is 0.0173. The lowest BCUT2D eigenvalue weighted by atomic mass is 9.72. The number of phenolic OH excluding ortho intramolecular Hbond substituents is 2. The van der Waals surface area contributed by atoms with E-state index in [1.807, 2.05) is 0 Å². The number of hydrogen-bond donors (Lipinski definition) is 9. The van der Waals surface area contributed by atoms with Gasteiger partial charge in [0.1, 0.15) is 59.1 Å². The lowest BCUT2D eigenvalue weighted by Crippen LogP contribution is -2.59. The minimum atomic E-state index is -2.43. The number of nitrogens with two attached hydrogens (primary N) is 1. The van der Waals surface area contributed by atoms with Crippen LogP contribution in [-0.4, -0.2) is 184 Å². The molecular formula is C60H78N6O21. The van der Waals surface area contributed by atoms with Crippen molar-refractivity contribution in [2.24, 2.45) is 23.5 Å². The maximum absolute atomic E-state index is 14.3. The molecule has 10 atom stereocenters. The number of rotatable bonds is 32. The minimum Gasteiger partial charge on any atom is -0.507 e. The van der Waals surface area contributed by atoms with Gasteiger partial charge in [-0.05, 0) is 38.7 Å². The van der Waals surface area contributed by atoms with Crippen LogP contribution in [-0.2, 0) is 73.3 Å². The maximum Gasteiger partial charge on any atom is 0.253 e. The van der Waals surface area contributed by atoms with Crippen molar-refractivity contribution in [2.75, 3.05) is 46.7 Å². The zero-order valence-electron chi connectivity index (χ0n) is 49.7. The third kappa shape index (κ3) is 16.8. The van der Waals surface area contributed by atoms with E-state index in [0.29, 0.717) is 6.42 Å². The number of benzene rings is 2. The lowest BCUT2D eigenvalue weighted by molar-refractivity contribution is -0.238. The van der Waals surface area contributed by atoms with Crippen molar-refractivity contribution in [1.29, 1.82) is 0 Å². The Hall–Kier alpha value is -7.82. The molecule has 6 rings (SSSR count). The van der Waals surface area contributed by atoms with E-state index in [0.717, 1.165) is 17.1 Å². The highest BCUT2D eigenvalue weighted by molar-refractivity contribution is 6.31. The standard InChI is InChI=1S/C60H78N6O21/c1-29(2)22-39(65-59(81)40(24-44(61)71)64-57(79)32(5)62-56(78)30(3)23-35(69)16-19-85-21-20-84-18-9-10-34(68)15-17-66-45(72)13-14-46(66)73)58(80)63-38-25-47(86-33(6)31(38)4)87-42-27-60(82,43(70)28-67)26-37-49(42)55(77)51-50(53(37)75)52(74)36-11-8-12-41(83-7)48(36)54(51)76/h8,11-14,29-33,38-40,42,47,67,75,77,82H,9-10,15-28H2,1-7H3,(H2,61,71)(H,62,78)(H,63,80)(H,64,79)(H,65,81)/t30-,31+,32+,33-,38-,39?,40+,42-,47-,60-/m0/s1. The molecule has 87 heavy (non-hydrogen) atoms. The van der Waals surface area contributed by atoms with Gasteiger partial charge in [-0.25, -0.2) is 0 Å². The van der Waals surface area contributed by atoms with Crippen LogP contribution in [0.5, 0.6) is 17.2 Å². The van der Waals surface area contributed by atoms with Gasteiger partial charge in [-0.1, -0.05) is 39.8 Å². The Morgan fingerprint density at radius 1 is 0.770 bits per heavy atom. The first-order chi connectivity index (χ1) is 41.1.